The van der Waals surface area contributed by atoms with Crippen molar-refractivity contribution in [3.63, 3.8) is 0 Å². The van der Waals surface area contributed by atoms with E-state index in [9.17, 15) is 14.9 Å². The third-order valence-corrected chi connectivity index (χ3v) is 2.96. The zero-order chi connectivity index (χ0) is 15.4. The highest BCUT2D eigenvalue weighted by atomic mass is 16.6. The summed E-state index contributed by atoms with van der Waals surface area (Å²) in [7, 11) is 0. The van der Waals surface area contributed by atoms with Crippen LogP contribution in [0.2, 0.25) is 0 Å². The highest BCUT2D eigenvalue weighted by molar-refractivity contribution is 6.07. The van der Waals surface area contributed by atoms with Gasteiger partial charge in [0, 0.05) is 5.56 Å². The maximum atomic E-state index is 12.2. The SMILES string of the molecule is Cc1cccc(C(=O)Nc2ccccc2C#N)c1[N+](=O)[O-]. The van der Waals surface area contributed by atoms with Gasteiger partial charge in [-0.15, -0.1) is 0 Å². The average Bonchev–Trinajstić information content (AvgIpc) is 2.47. The molecular weight excluding hydrogens is 270 g/mol. The summed E-state index contributed by atoms with van der Waals surface area (Å²) < 4.78 is 0. The van der Waals surface area contributed by atoms with Gasteiger partial charge in [0.15, 0.2) is 0 Å². The minimum absolute atomic E-state index is 0.0345. The molecule has 0 radical (unpaired) electrons. The minimum atomic E-state index is -0.617. The highest BCUT2D eigenvalue weighted by Crippen LogP contribution is 2.24. The van der Waals surface area contributed by atoms with Gasteiger partial charge in [-0.2, -0.15) is 5.26 Å². The minimum Gasteiger partial charge on any atom is -0.321 e. The van der Waals surface area contributed by atoms with Crippen LogP contribution in [0.1, 0.15) is 21.5 Å². The molecule has 0 aliphatic heterocycles. The smallest absolute Gasteiger partial charge is 0.285 e. The first-order chi connectivity index (χ1) is 10.0. The number of amides is 1. The van der Waals surface area contributed by atoms with Gasteiger partial charge in [-0.1, -0.05) is 24.3 Å². The Morgan fingerprint density at radius 1 is 1.24 bits per heavy atom. The Hall–Kier alpha value is -3.20. The molecule has 0 aromatic heterocycles. The maximum Gasteiger partial charge on any atom is 0.285 e. The third-order valence-electron chi connectivity index (χ3n) is 2.96. The molecule has 6 nitrogen and oxygen atoms in total. The first-order valence-electron chi connectivity index (χ1n) is 6.09. The predicted octanol–water partition coefficient (Wildman–Crippen LogP) is 3.03. The van der Waals surface area contributed by atoms with Crippen LogP contribution in [0.4, 0.5) is 11.4 Å². The lowest BCUT2D eigenvalue weighted by molar-refractivity contribution is -0.385. The van der Waals surface area contributed by atoms with Crippen molar-refractivity contribution in [3.05, 3.63) is 69.3 Å². The van der Waals surface area contributed by atoms with Crippen LogP contribution in [0.3, 0.4) is 0 Å². The number of nitro benzene ring substituents is 1. The Morgan fingerprint density at radius 2 is 1.95 bits per heavy atom. The normalized spacial score (nSPS) is 9.71. The van der Waals surface area contributed by atoms with Gasteiger partial charge in [0.1, 0.15) is 11.6 Å². The lowest BCUT2D eigenvalue weighted by Gasteiger charge is -2.08. The van der Waals surface area contributed by atoms with Gasteiger partial charge >= 0.3 is 0 Å². The first-order valence-corrected chi connectivity index (χ1v) is 6.09. The Labute approximate surface area is 120 Å². The van der Waals surface area contributed by atoms with Gasteiger partial charge in [0.25, 0.3) is 11.6 Å². The number of carbonyl (C=O) groups is 1. The summed E-state index contributed by atoms with van der Waals surface area (Å²) in [6, 6.07) is 12.9. The largest absolute Gasteiger partial charge is 0.321 e. The van der Waals surface area contributed by atoms with Gasteiger partial charge in [-0.05, 0) is 25.1 Å². The van der Waals surface area contributed by atoms with E-state index in [2.05, 4.69) is 5.32 Å². The molecule has 0 aliphatic carbocycles. The van der Waals surface area contributed by atoms with E-state index in [0.717, 1.165) is 0 Å². The molecule has 1 N–H and O–H groups in total. The number of benzene rings is 2. The first kappa shape index (κ1) is 14.2. The maximum absolute atomic E-state index is 12.2. The molecule has 0 atom stereocenters. The molecule has 104 valence electrons. The number of hydrogen-bond donors (Lipinski definition) is 1. The number of aryl methyl sites for hydroxylation is 1. The fourth-order valence-electron chi connectivity index (χ4n) is 1.96. The number of para-hydroxylation sites is 2. The molecule has 0 aliphatic rings. The number of nitro groups is 1. The summed E-state index contributed by atoms with van der Waals surface area (Å²) >= 11 is 0. The standard InChI is InChI=1S/C15H11N3O3/c1-10-5-4-7-12(14(10)18(20)21)15(19)17-13-8-3-2-6-11(13)9-16/h2-8H,1H3,(H,17,19). The molecule has 0 unspecified atom stereocenters. The van der Waals surface area contributed by atoms with E-state index in [-0.39, 0.29) is 11.3 Å². The van der Waals surface area contributed by atoms with Crippen molar-refractivity contribution in [1.82, 2.24) is 0 Å². The topological polar surface area (TPSA) is 96.0 Å². The van der Waals surface area contributed by atoms with Crippen LogP contribution in [0, 0.1) is 28.4 Å². The summed E-state index contributed by atoms with van der Waals surface area (Å²) in [6.07, 6.45) is 0. The molecule has 1 amide bonds. The fraction of sp³-hybridized carbons (Fsp3) is 0.0667. The summed E-state index contributed by atoms with van der Waals surface area (Å²) in [5.41, 5.74) is 0.750. The monoisotopic (exact) mass is 281 g/mol. The molecule has 0 saturated heterocycles. The van der Waals surface area contributed by atoms with E-state index in [1.807, 2.05) is 6.07 Å². The number of nitrogens with one attached hydrogen (secondary N) is 1. The van der Waals surface area contributed by atoms with Gasteiger partial charge in [-0.3, -0.25) is 14.9 Å². The van der Waals surface area contributed by atoms with Crippen molar-refractivity contribution < 1.29 is 9.72 Å². The Kier molecular flexibility index (Phi) is 3.95. The van der Waals surface area contributed by atoms with E-state index >= 15 is 0 Å². The van der Waals surface area contributed by atoms with Gasteiger partial charge in [0.05, 0.1) is 16.2 Å². The summed E-state index contributed by atoms with van der Waals surface area (Å²) in [5, 5.41) is 22.6. The Morgan fingerprint density at radius 3 is 2.62 bits per heavy atom. The van der Waals surface area contributed by atoms with Crippen molar-refractivity contribution in [3.8, 4) is 6.07 Å². The second-order valence-corrected chi connectivity index (χ2v) is 4.34. The summed E-state index contributed by atoms with van der Waals surface area (Å²) in [4.78, 5) is 22.7. The molecule has 6 heteroatoms. The van der Waals surface area contributed by atoms with Crippen molar-refractivity contribution in [2.75, 3.05) is 5.32 Å². The van der Waals surface area contributed by atoms with E-state index < -0.39 is 10.8 Å². The van der Waals surface area contributed by atoms with E-state index in [1.165, 1.54) is 6.07 Å². The molecule has 2 aromatic carbocycles. The molecule has 0 heterocycles. The number of carbonyl (C=O) groups excluding carboxylic acids is 1. The lowest BCUT2D eigenvalue weighted by Crippen LogP contribution is -2.15. The molecular formula is C15H11N3O3. The number of nitriles is 1. The molecule has 0 fully saturated rings. The molecule has 0 saturated carbocycles. The van der Waals surface area contributed by atoms with Crippen LogP contribution in [-0.2, 0) is 0 Å². The van der Waals surface area contributed by atoms with Crippen molar-refractivity contribution in [2.45, 2.75) is 6.92 Å². The zero-order valence-electron chi connectivity index (χ0n) is 11.2. The predicted molar refractivity (Wildman–Crippen MR) is 76.9 cm³/mol. The molecule has 0 bridgehead atoms. The Bertz CT molecular complexity index is 763. The second-order valence-electron chi connectivity index (χ2n) is 4.34. The number of rotatable bonds is 3. The zero-order valence-corrected chi connectivity index (χ0v) is 11.2. The van der Waals surface area contributed by atoms with Crippen LogP contribution in [0.15, 0.2) is 42.5 Å². The van der Waals surface area contributed by atoms with Gasteiger partial charge in [-0.25, -0.2) is 0 Å². The molecule has 2 rings (SSSR count). The van der Waals surface area contributed by atoms with Crippen molar-refractivity contribution in [1.29, 1.82) is 5.26 Å². The Balaban J connectivity index is 2.41. The molecule has 21 heavy (non-hydrogen) atoms. The second kappa shape index (κ2) is 5.84. The van der Waals surface area contributed by atoms with E-state index in [0.29, 0.717) is 16.8 Å². The molecule has 2 aromatic rings. The fourth-order valence-corrected chi connectivity index (χ4v) is 1.96. The van der Waals surface area contributed by atoms with E-state index in [4.69, 9.17) is 5.26 Å². The van der Waals surface area contributed by atoms with Crippen LogP contribution >= 0.6 is 0 Å². The quantitative estimate of drug-likeness (QED) is 0.690. The van der Waals surface area contributed by atoms with Crippen molar-refractivity contribution >= 4 is 17.3 Å². The third kappa shape index (κ3) is 2.87. The lowest BCUT2D eigenvalue weighted by atomic mass is 10.1. The number of hydrogen-bond acceptors (Lipinski definition) is 4. The van der Waals surface area contributed by atoms with Gasteiger partial charge < -0.3 is 5.32 Å². The van der Waals surface area contributed by atoms with Crippen LogP contribution in [-0.4, -0.2) is 10.8 Å². The van der Waals surface area contributed by atoms with Gasteiger partial charge in [0.2, 0.25) is 0 Å². The van der Waals surface area contributed by atoms with E-state index in [1.54, 1.807) is 43.3 Å². The average molecular weight is 281 g/mol. The van der Waals surface area contributed by atoms with Crippen LogP contribution < -0.4 is 5.32 Å². The number of nitrogens with zero attached hydrogens (tertiary/aromatic N) is 2. The highest BCUT2D eigenvalue weighted by Gasteiger charge is 2.22. The summed E-state index contributed by atoms with van der Waals surface area (Å²) in [6.45, 7) is 1.57. The number of anilines is 1. The molecule has 0 spiro atoms. The van der Waals surface area contributed by atoms with Crippen LogP contribution in [0.25, 0.3) is 0 Å². The van der Waals surface area contributed by atoms with Crippen molar-refractivity contribution in [2.24, 2.45) is 0 Å². The van der Waals surface area contributed by atoms with Crippen LogP contribution in [0.5, 0.6) is 0 Å². The summed E-state index contributed by atoms with van der Waals surface area (Å²) in [5.74, 6) is -0.617.